The fourth-order valence-corrected chi connectivity index (χ4v) is 2.81. The second-order valence-electron chi connectivity index (χ2n) is 4.33. The van der Waals surface area contributed by atoms with Crippen molar-refractivity contribution in [3.05, 3.63) is 56.4 Å². The monoisotopic (exact) mass is 327 g/mol. The van der Waals surface area contributed by atoms with Crippen LogP contribution in [0, 0.1) is 13.8 Å². The number of rotatable bonds is 3. The third kappa shape index (κ3) is 2.48. The van der Waals surface area contributed by atoms with Crippen molar-refractivity contribution in [3.8, 4) is 0 Å². The summed E-state index contributed by atoms with van der Waals surface area (Å²) in [6, 6.07) is 6.09. The predicted molar refractivity (Wildman–Crippen MR) is 78.2 cm³/mol. The second-order valence-corrected chi connectivity index (χ2v) is 5.46. The first-order valence-electron chi connectivity index (χ1n) is 5.71. The molecule has 0 aliphatic carbocycles. The zero-order valence-electron chi connectivity index (χ0n) is 10.6. The van der Waals surface area contributed by atoms with Crippen LogP contribution >= 0.6 is 27.5 Å². The number of nitrogens with one attached hydrogen (secondary N) is 1. The van der Waals surface area contributed by atoms with Gasteiger partial charge in [-0.3, -0.25) is 0 Å². The van der Waals surface area contributed by atoms with Crippen molar-refractivity contribution in [2.45, 2.75) is 19.9 Å². The van der Waals surface area contributed by atoms with Gasteiger partial charge < -0.3 is 9.73 Å². The first-order chi connectivity index (χ1) is 8.54. The maximum absolute atomic E-state index is 6.36. The van der Waals surface area contributed by atoms with Gasteiger partial charge in [0.2, 0.25) is 0 Å². The summed E-state index contributed by atoms with van der Waals surface area (Å²) in [6.07, 6.45) is 1.67. The standard InChI is InChI=1S/C14H15BrClNO/c1-8-6-11(12(16)7-9(8)2)13(17-3)10-4-5-18-14(10)15/h4-7,13,17H,1-3H3. The van der Waals surface area contributed by atoms with Crippen LogP contribution in [0.15, 0.2) is 33.5 Å². The largest absolute Gasteiger partial charge is 0.457 e. The summed E-state index contributed by atoms with van der Waals surface area (Å²) in [5.41, 5.74) is 4.53. The molecule has 0 amide bonds. The molecule has 0 saturated heterocycles. The van der Waals surface area contributed by atoms with Crippen LogP contribution in [0.25, 0.3) is 0 Å². The zero-order valence-corrected chi connectivity index (χ0v) is 12.9. The zero-order chi connectivity index (χ0) is 13.3. The molecule has 0 radical (unpaired) electrons. The Morgan fingerprint density at radius 3 is 2.44 bits per heavy atom. The highest BCUT2D eigenvalue weighted by molar-refractivity contribution is 9.10. The van der Waals surface area contributed by atoms with Gasteiger partial charge in [-0.2, -0.15) is 0 Å². The normalized spacial score (nSPS) is 12.7. The Balaban J connectivity index is 2.52. The third-order valence-electron chi connectivity index (χ3n) is 3.17. The molecule has 1 heterocycles. The molecule has 1 N–H and O–H groups in total. The highest BCUT2D eigenvalue weighted by Crippen LogP contribution is 2.34. The molecule has 1 unspecified atom stereocenters. The summed E-state index contributed by atoms with van der Waals surface area (Å²) in [6.45, 7) is 4.15. The predicted octanol–water partition coefficient (Wildman–Crippen LogP) is 4.62. The van der Waals surface area contributed by atoms with E-state index in [4.69, 9.17) is 16.0 Å². The second kappa shape index (κ2) is 5.47. The number of hydrogen-bond acceptors (Lipinski definition) is 2. The van der Waals surface area contributed by atoms with Gasteiger partial charge in [-0.05, 0) is 65.6 Å². The summed E-state index contributed by atoms with van der Waals surface area (Å²) in [5, 5.41) is 4.04. The minimum Gasteiger partial charge on any atom is -0.457 e. The Morgan fingerprint density at radius 2 is 1.89 bits per heavy atom. The van der Waals surface area contributed by atoms with Crippen LogP contribution in [0.2, 0.25) is 5.02 Å². The highest BCUT2D eigenvalue weighted by atomic mass is 79.9. The Bertz CT molecular complexity index is 565. The maximum Gasteiger partial charge on any atom is 0.174 e. The number of halogens is 2. The Kier molecular flexibility index (Phi) is 4.15. The summed E-state index contributed by atoms with van der Waals surface area (Å²) in [4.78, 5) is 0. The molecule has 0 saturated carbocycles. The molecular formula is C14H15BrClNO. The number of furan rings is 1. The molecule has 1 aromatic carbocycles. The van der Waals surface area contributed by atoms with E-state index in [1.807, 2.05) is 19.2 Å². The van der Waals surface area contributed by atoms with Crippen LogP contribution in [-0.2, 0) is 0 Å². The van der Waals surface area contributed by atoms with E-state index in [9.17, 15) is 0 Å². The van der Waals surface area contributed by atoms with Crippen molar-refractivity contribution in [1.29, 1.82) is 0 Å². The molecule has 1 atom stereocenters. The van der Waals surface area contributed by atoms with E-state index < -0.39 is 0 Å². The van der Waals surface area contributed by atoms with Gasteiger partial charge in [0.1, 0.15) is 0 Å². The maximum atomic E-state index is 6.36. The van der Waals surface area contributed by atoms with Gasteiger partial charge in [0, 0.05) is 10.6 Å². The molecule has 0 spiro atoms. The fourth-order valence-electron chi connectivity index (χ4n) is 2.01. The van der Waals surface area contributed by atoms with Gasteiger partial charge in [-0.25, -0.2) is 0 Å². The summed E-state index contributed by atoms with van der Waals surface area (Å²) in [5.74, 6) is 0. The summed E-state index contributed by atoms with van der Waals surface area (Å²) in [7, 11) is 1.91. The van der Waals surface area contributed by atoms with Crippen molar-refractivity contribution in [1.82, 2.24) is 5.32 Å². The number of hydrogen-bond donors (Lipinski definition) is 1. The smallest absolute Gasteiger partial charge is 0.174 e. The van der Waals surface area contributed by atoms with Crippen LogP contribution in [0.5, 0.6) is 0 Å². The molecule has 96 valence electrons. The van der Waals surface area contributed by atoms with E-state index in [2.05, 4.69) is 41.2 Å². The van der Waals surface area contributed by atoms with Crippen LogP contribution in [0.3, 0.4) is 0 Å². The average Bonchev–Trinajstić information content (AvgIpc) is 2.73. The van der Waals surface area contributed by atoms with Crippen molar-refractivity contribution < 1.29 is 4.42 Å². The van der Waals surface area contributed by atoms with Crippen molar-refractivity contribution in [2.75, 3.05) is 7.05 Å². The van der Waals surface area contributed by atoms with Crippen LogP contribution in [0.1, 0.15) is 28.3 Å². The van der Waals surface area contributed by atoms with E-state index in [0.717, 1.165) is 20.8 Å². The summed E-state index contributed by atoms with van der Waals surface area (Å²) >= 11 is 9.77. The molecule has 4 heteroatoms. The number of benzene rings is 1. The van der Waals surface area contributed by atoms with Gasteiger partial charge in [0.25, 0.3) is 0 Å². The molecular weight excluding hydrogens is 314 g/mol. The Labute approximate surface area is 120 Å². The minimum atomic E-state index is 0.0184. The quantitative estimate of drug-likeness (QED) is 0.889. The fraction of sp³-hybridized carbons (Fsp3) is 0.286. The van der Waals surface area contributed by atoms with E-state index in [0.29, 0.717) is 0 Å². The molecule has 0 aliphatic heterocycles. The van der Waals surface area contributed by atoms with Gasteiger partial charge in [-0.1, -0.05) is 17.7 Å². The van der Waals surface area contributed by atoms with Gasteiger partial charge >= 0.3 is 0 Å². The minimum absolute atomic E-state index is 0.0184. The van der Waals surface area contributed by atoms with Crippen molar-refractivity contribution in [3.63, 3.8) is 0 Å². The van der Waals surface area contributed by atoms with Crippen LogP contribution in [-0.4, -0.2) is 7.05 Å². The molecule has 0 aliphatic rings. The first-order valence-corrected chi connectivity index (χ1v) is 6.88. The summed E-state index contributed by atoms with van der Waals surface area (Å²) < 4.78 is 6.03. The van der Waals surface area contributed by atoms with Gasteiger partial charge in [0.15, 0.2) is 4.67 Å². The number of aryl methyl sites for hydroxylation is 2. The Morgan fingerprint density at radius 1 is 1.22 bits per heavy atom. The molecule has 1 aromatic heterocycles. The van der Waals surface area contributed by atoms with Crippen LogP contribution < -0.4 is 5.32 Å². The van der Waals surface area contributed by atoms with E-state index in [1.54, 1.807) is 6.26 Å². The average molecular weight is 329 g/mol. The van der Waals surface area contributed by atoms with E-state index in [-0.39, 0.29) is 6.04 Å². The van der Waals surface area contributed by atoms with Crippen LogP contribution in [0.4, 0.5) is 0 Å². The highest BCUT2D eigenvalue weighted by Gasteiger charge is 2.20. The topological polar surface area (TPSA) is 25.2 Å². The van der Waals surface area contributed by atoms with Gasteiger partial charge in [-0.15, -0.1) is 0 Å². The lowest BCUT2D eigenvalue weighted by atomic mass is 9.97. The lowest BCUT2D eigenvalue weighted by Crippen LogP contribution is -2.18. The lowest BCUT2D eigenvalue weighted by molar-refractivity contribution is 0.530. The third-order valence-corrected chi connectivity index (χ3v) is 4.14. The molecule has 2 aromatic rings. The van der Waals surface area contributed by atoms with Gasteiger partial charge in [0.05, 0.1) is 12.3 Å². The molecule has 18 heavy (non-hydrogen) atoms. The van der Waals surface area contributed by atoms with E-state index in [1.165, 1.54) is 11.1 Å². The first kappa shape index (κ1) is 13.7. The molecule has 0 bridgehead atoms. The lowest BCUT2D eigenvalue weighted by Gasteiger charge is -2.18. The van der Waals surface area contributed by atoms with Crippen molar-refractivity contribution >= 4 is 27.5 Å². The molecule has 2 rings (SSSR count). The molecule has 0 fully saturated rings. The Hall–Kier alpha value is -0.770. The molecule has 2 nitrogen and oxygen atoms in total. The van der Waals surface area contributed by atoms with E-state index >= 15 is 0 Å². The SMILES string of the molecule is CNC(c1cc(C)c(C)cc1Cl)c1ccoc1Br. The van der Waals surface area contributed by atoms with Crippen molar-refractivity contribution in [2.24, 2.45) is 0 Å².